The van der Waals surface area contributed by atoms with Gasteiger partial charge in [-0.05, 0) is 37.6 Å². The Balaban J connectivity index is 1.44. The molecular formula is C22H27N3OS. The maximum Gasteiger partial charge on any atom is 0.244 e. The molecule has 1 amide bonds. The first-order valence-corrected chi connectivity index (χ1v) is 10.8. The minimum Gasteiger partial charge on any atom is -0.370 e. The highest BCUT2D eigenvalue weighted by atomic mass is 32.2. The third-order valence-corrected chi connectivity index (χ3v) is 6.59. The van der Waals surface area contributed by atoms with Crippen LogP contribution >= 0.6 is 11.8 Å². The number of para-hydroxylation sites is 2. The van der Waals surface area contributed by atoms with Crippen molar-refractivity contribution >= 4 is 29.0 Å². The van der Waals surface area contributed by atoms with Gasteiger partial charge in [-0.15, -0.1) is 11.8 Å². The first kappa shape index (κ1) is 18.4. The van der Waals surface area contributed by atoms with Gasteiger partial charge >= 0.3 is 0 Å². The number of carbonyl (C=O) groups is 1. The number of hydrogen-bond donors (Lipinski definition) is 0. The molecule has 142 valence electrons. The number of nitrogens with zero attached hydrogens (tertiary/aromatic N) is 3. The number of carbonyl (C=O) groups excluding carboxylic acids is 1. The normalized spacial score (nSPS) is 19.3. The van der Waals surface area contributed by atoms with E-state index < -0.39 is 0 Å². The Hall–Kier alpha value is -1.98. The van der Waals surface area contributed by atoms with E-state index >= 15 is 0 Å². The zero-order chi connectivity index (χ0) is 18.6. The van der Waals surface area contributed by atoms with E-state index in [1.165, 1.54) is 10.6 Å². The second kappa shape index (κ2) is 8.36. The summed E-state index contributed by atoms with van der Waals surface area (Å²) < 4.78 is 0. The Morgan fingerprint density at radius 3 is 2.56 bits per heavy atom. The van der Waals surface area contributed by atoms with E-state index in [1.807, 2.05) is 22.7 Å². The molecule has 0 saturated carbocycles. The standard InChI is InChI=1S/C22H27N3OS/c1-18(22(26)25-16-17-27-21-11-6-5-10-20(21)25)23-12-7-13-24(15-14-23)19-8-3-2-4-9-19/h2-6,8-11,18H,7,12-17H2,1H3. The molecule has 2 aromatic rings. The van der Waals surface area contributed by atoms with Crippen LogP contribution in [0, 0.1) is 0 Å². The fourth-order valence-electron chi connectivity index (χ4n) is 4.00. The number of anilines is 2. The molecule has 2 aliphatic heterocycles. The lowest BCUT2D eigenvalue weighted by atomic mass is 10.2. The lowest BCUT2D eigenvalue weighted by Gasteiger charge is -2.35. The Kier molecular flexibility index (Phi) is 5.69. The molecule has 1 atom stereocenters. The van der Waals surface area contributed by atoms with Gasteiger partial charge in [-0.1, -0.05) is 30.3 Å². The fraction of sp³-hybridized carbons (Fsp3) is 0.409. The number of amides is 1. The van der Waals surface area contributed by atoms with Crippen LogP contribution in [0.25, 0.3) is 0 Å². The summed E-state index contributed by atoms with van der Waals surface area (Å²) in [5.41, 5.74) is 2.35. The van der Waals surface area contributed by atoms with Gasteiger partial charge in [-0.3, -0.25) is 9.69 Å². The molecule has 2 aliphatic rings. The van der Waals surface area contributed by atoms with E-state index in [-0.39, 0.29) is 11.9 Å². The summed E-state index contributed by atoms with van der Waals surface area (Å²) in [6.45, 7) is 6.78. The summed E-state index contributed by atoms with van der Waals surface area (Å²) >= 11 is 1.84. The van der Waals surface area contributed by atoms with Crippen LogP contribution in [0.3, 0.4) is 0 Å². The van der Waals surface area contributed by atoms with Crippen molar-refractivity contribution < 1.29 is 4.79 Å². The van der Waals surface area contributed by atoms with Crippen LogP contribution in [0.4, 0.5) is 11.4 Å². The van der Waals surface area contributed by atoms with Gasteiger partial charge in [0.1, 0.15) is 0 Å². The second-order valence-electron chi connectivity index (χ2n) is 7.19. The van der Waals surface area contributed by atoms with Crippen LogP contribution in [0.1, 0.15) is 13.3 Å². The van der Waals surface area contributed by atoms with Crippen LogP contribution in [0.2, 0.25) is 0 Å². The van der Waals surface area contributed by atoms with Crippen molar-refractivity contribution in [3.63, 3.8) is 0 Å². The number of fused-ring (bicyclic) bond motifs is 1. The molecular weight excluding hydrogens is 354 g/mol. The monoisotopic (exact) mass is 381 g/mol. The second-order valence-corrected chi connectivity index (χ2v) is 8.33. The third-order valence-electron chi connectivity index (χ3n) is 5.55. The van der Waals surface area contributed by atoms with Crippen LogP contribution in [0.15, 0.2) is 59.5 Å². The lowest BCUT2D eigenvalue weighted by Crippen LogP contribution is -2.49. The molecule has 4 rings (SSSR count). The molecule has 5 heteroatoms. The van der Waals surface area contributed by atoms with E-state index in [1.54, 1.807) is 0 Å². The van der Waals surface area contributed by atoms with Crippen molar-refractivity contribution in [3.05, 3.63) is 54.6 Å². The predicted molar refractivity (Wildman–Crippen MR) is 114 cm³/mol. The molecule has 1 fully saturated rings. The molecule has 2 heterocycles. The molecule has 0 radical (unpaired) electrons. The predicted octanol–water partition coefficient (Wildman–Crippen LogP) is 3.73. The average molecular weight is 382 g/mol. The molecule has 0 N–H and O–H groups in total. The van der Waals surface area contributed by atoms with E-state index in [9.17, 15) is 4.79 Å². The number of hydrogen-bond acceptors (Lipinski definition) is 4. The highest BCUT2D eigenvalue weighted by Crippen LogP contribution is 2.34. The van der Waals surface area contributed by atoms with Gasteiger partial charge in [0, 0.05) is 49.1 Å². The van der Waals surface area contributed by atoms with E-state index in [4.69, 9.17) is 0 Å². The summed E-state index contributed by atoms with van der Waals surface area (Å²) in [7, 11) is 0. The Morgan fingerprint density at radius 2 is 1.70 bits per heavy atom. The fourth-order valence-corrected chi connectivity index (χ4v) is 5.00. The van der Waals surface area contributed by atoms with Crippen LogP contribution in [-0.2, 0) is 4.79 Å². The van der Waals surface area contributed by atoms with E-state index in [0.29, 0.717) is 0 Å². The Labute approximate surface area is 166 Å². The lowest BCUT2D eigenvalue weighted by molar-refractivity contribution is -0.123. The van der Waals surface area contributed by atoms with Gasteiger partial charge in [0.15, 0.2) is 0 Å². The SMILES string of the molecule is CC(C(=O)N1CCSc2ccccc21)N1CCCN(c2ccccc2)CC1. The van der Waals surface area contributed by atoms with Gasteiger partial charge in [-0.25, -0.2) is 0 Å². The van der Waals surface area contributed by atoms with Crippen molar-refractivity contribution in [2.24, 2.45) is 0 Å². The van der Waals surface area contributed by atoms with Gasteiger partial charge in [0.2, 0.25) is 5.91 Å². The summed E-state index contributed by atoms with van der Waals surface area (Å²) in [4.78, 5) is 21.3. The Bertz CT molecular complexity index is 782. The number of thioether (sulfide) groups is 1. The highest BCUT2D eigenvalue weighted by Gasteiger charge is 2.30. The highest BCUT2D eigenvalue weighted by molar-refractivity contribution is 7.99. The van der Waals surface area contributed by atoms with Crippen molar-refractivity contribution in [1.29, 1.82) is 0 Å². The molecule has 0 bridgehead atoms. The third kappa shape index (κ3) is 3.99. The molecule has 0 aromatic heterocycles. The van der Waals surface area contributed by atoms with Crippen molar-refractivity contribution in [2.45, 2.75) is 24.3 Å². The largest absolute Gasteiger partial charge is 0.370 e. The van der Waals surface area contributed by atoms with E-state index in [0.717, 1.165) is 50.6 Å². The molecule has 2 aromatic carbocycles. The first-order chi connectivity index (χ1) is 13.2. The van der Waals surface area contributed by atoms with Crippen LogP contribution in [-0.4, -0.2) is 55.3 Å². The first-order valence-electron chi connectivity index (χ1n) is 9.81. The summed E-state index contributed by atoms with van der Waals surface area (Å²) in [5.74, 6) is 1.20. The minimum absolute atomic E-state index is 0.0862. The topological polar surface area (TPSA) is 26.8 Å². The van der Waals surface area contributed by atoms with Gasteiger partial charge in [0.25, 0.3) is 0 Å². The van der Waals surface area contributed by atoms with Crippen LogP contribution < -0.4 is 9.80 Å². The van der Waals surface area contributed by atoms with Crippen molar-refractivity contribution in [1.82, 2.24) is 4.90 Å². The molecule has 0 spiro atoms. The summed E-state index contributed by atoms with van der Waals surface area (Å²) in [6, 6.07) is 18.8. The number of rotatable bonds is 3. The molecule has 27 heavy (non-hydrogen) atoms. The Morgan fingerprint density at radius 1 is 0.926 bits per heavy atom. The maximum absolute atomic E-state index is 13.3. The van der Waals surface area contributed by atoms with Crippen LogP contribution in [0.5, 0.6) is 0 Å². The van der Waals surface area contributed by atoms with E-state index in [2.05, 4.69) is 65.3 Å². The molecule has 1 unspecified atom stereocenters. The minimum atomic E-state index is -0.0862. The summed E-state index contributed by atoms with van der Waals surface area (Å²) in [6.07, 6.45) is 1.08. The van der Waals surface area contributed by atoms with Crippen molar-refractivity contribution in [2.75, 3.05) is 48.3 Å². The number of benzene rings is 2. The maximum atomic E-state index is 13.3. The zero-order valence-electron chi connectivity index (χ0n) is 15.9. The molecule has 0 aliphatic carbocycles. The quantitative estimate of drug-likeness (QED) is 0.810. The zero-order valence-corrected chi connectivity index (χ0v) is 16.7. The smallest absolute Gasteiger partial charge is 0.244 e. The van der Waals surface area contributed by atoms with Gasteiger partial charge in [-0.2, -0.15) is 0 Å². The molecule has 4 nitrogen and oxygen atoms in total. The summed E-state index contributed by atoms with van der Waals surface area (Å²) in [5, 5.41) is 0. The van der Waals surface area contributed by atoms with Crippen molar-refractivity contribution in [3.8, 4) is 0 Å². The molecule has 1 saturated heterocycles. The average Bonchev–Trinajstić information content (AvgIpc) is 2.99. The van der Waals surface area contributed by atoms with Gasteiger partial charge < -0.3 is 9.80 Å². The van der Waals surface area contributed by atoms with Gasteiger partial charge in [0.05, 0.1) is 11.7 Å².